The lowest BCUT2D eigenvalue weighted by molar-refractivity contribution is -0.151. The molecule has 1 fully saturated rings. The predicted octanol–water partition coefficient (Wildman–Crippen LogP) is 1.94. The molecular formula is C14H27NO3S. The Bertz CT molecular complexity index is 288. The van der Waals surface area contributed by atoms with E-state index in [1.807, 2.05) is 18.7 Å². The Kier molecular flexibility index (Phi) is 7.18. The van der Waals surface area contributed by atoms with Crippen molar-refractivity contribution in [2.45, 2.75) is 56.7 Å². The number of esters is 1. The van der Waals surface area contributed by atoms with Gasteiger partial charge in [-0.1, -0.05) is 13.3 Å². The largest absolute Gasteiger partial charge is 0.465 e. The number of aliphatic hydroxyl groups is 1. The van der Waals surface area contributed by atoms with Crippen LogP contribution in [0.4, 0.5) is 0 Å². The molecule has 0 aromatic heterocycles. The average molecular weight is 289 g/mol. The topological polar surface area (TPSA) is 72.5 Å². The van der Waals surface area contributed by atoms with Gasteiger partial charge in [0.15, 0.2) is 0 Å². The first-order chi connectivity index (χ1) is 9.04. The van der Waals surface area contributed by atoms with Crippen LogP contribution in [-0.4, -0.2) is 40.8 Å². The first kappa shape index (κ1) is 16.8. The molecule has 3 unspecified atom stereocenters. The molecule has 0 amide bonds. The second-order valence-corrected chi connectivity index (χ2v) is 6.88. The third-order valence-corrected chi connectivity index (χ3v) is 5.21. The average Bonchev–Trinajstić information content (AvgIpc) is 2.73. The molecule has 4 nitrogen and oxygen atoms in total. The maximum absolute atomic E-state index is 12.0. The Labute approximate surface area is 120 Å². The van der Waals surface area contributed by atoms with E-state index in [1.165, 1.54) is 0 Å². The van der Waals surface area contributed by atoms with Gasteiger partial charge in [-0.05, 0) is 44.3 Å². The molecule has 112 valence electrons. The predicted molar refractivity (Wildman–Crippen MR) is 79.1 cm³/mol. The van der Waals surface area contributed by atoms with Crippen LogP contribution in [0.15, 0.2) is 0 Å². The SMILES string of the molecule is CCOC(=O)C1(N)CCCC1CCSC(C)CCO. The minimum Gasteiger partial charge on any atom is -0.465 e. The normalized spacial score (nSPS) is 28.3. The molecule has 3 atom stereocenters. The summed E-state index contributed by atoms with van der Waals surface area (Å²) in [5, 5.41) is 9.33. The summed E-state index contributed by atoms with van der Waals surface area (Å²) < 4.78 is 5.12. The summed E-state index contributed by atoms with van der Waals surface area (Å²) in [5.41, 5.74) is 5.52. The van der Waals surface area contributed by atoms with Crippen LogP contribution in [0, 0.1) is 5.92 Å². The zero-order valence-corrected chi connectivity index (χ0v) is 12.9. The van der Waals surface area contributed by atoms with Crippen molar-refractivity contribution in [1.82, 2.24) is 0 Å². The van der Waals surface area contributed by atoms with E-state index in [1.54, 1.807) is 0 Å². The number of aliphatic hydroxyl groups excluding tert-OH is 1. The summed E-state index contributed by atoms with van der Waals surface area (Å²) in [4.78, 5) is 12.0. The summed E-state index contributed by atoms with van der Waals surface area (Å²) in [6, 6.07) is 0. The summed E-state index contributed by atoms with van der Waals surface area (Å²) in [7, 11) is 0. The van der Waals surface area contributed by atoms with Gasteiger partial charge in [0.2, 0.25) is 0 Å². The lowest BCUT2D eigenvalue weighted by atomic mass is 9.86. The Balaban J connectivity index is 2.41. The first-order valence-corrected chi connectivity index (χ1v) is 8.28. The highest BCUT2D eigenvalue weighted by molar-refractivity contribution is 7.99. The van der Waals surface area contributed by atoms with Crippen LogP contribution in [0.25, 0.3) is 0 Å². The van der Waals surface area contributed by atoms with Gasteiger partial charge in [0, 0.05) is 11.9 Å². The van der Waals surface area contributed by atoms with Crippen molar-refractivity contribution in [2.75, 3.05) is 19.0 Å². The molecule has 0 aromatic rings. The highest BCUT2D eigenvalue weighted by Crippen LogP contribution is 2.38. The summed E-state index contributed by atoms with van der Waals surface area (Å²) >= 11 is 1.85. The Morgan fingerprint density at radius 3 is 3.00 bits per heavy atom. The van der Waals surface area contributed by atoms with E-state index < -0.39 is 5.54 Å². The Morgan fingerprint density at radius 2 is 2.37 bits per heavy atom. The number of hydrogen-bond acceptors (Lipinski definition) is 5. The molecule has 1 aliphatic rings. The van der Waals surface area contributed by atoms with Crippen LogP contribution in [0.1, 0.15) is 46.0 Å². The molecule has 19 heavy (non-hydrogen) atoms. The molecule has 0 aromatic carbocycles. The van der Waals surface area contributed by atoms with Gasteiger partial charge in [-0.15, -0.1) is 0 Å². The lowest BCUT2D eigenvalue weighted by Crippen LogP contribution is -2.52. The highest BCUT2D eigenvalue weighted by atomic mass is 32.2. The Morgan fingerprint density at radius 1 is 1.63 bits per heavy atom. The van der Waals surface area contributed by atoms with Crippen molar-refractivity contribution in [3.8, 4) is 0 Å². The smallest absolute Gasteiger partial charge is 0.326 e. The minimum absolute atomic E-state index is 0.231. The van der Waals surface area contributed by atoms with E-state index >= 15 is 0 Å². The number of rotatable bonds is 8. The summed E-state index contributed by atoms with van der Waals surface area (Å²) in [6.07, 6.45) is 4.55. The van der Waals surface area contributed by atoms with Gasteiger partial charge in [-0.3, -0.25) is 4.79 Å². The van der Waals surface area contributed by atoms with Gasteiger partial charge in [0.1, 0.15) is 5.54 Å². The monoisotopic (exact) mass is 289 g/mol. The maximum Gasteiger partial charge on any atom is 0.326 e. The fourth-order valence-corrected chi connectivity index (χ4v) is 3.81. The fraction of sp³-hybridized carbons (Fsp3) is 0.929. The van der Waals surface area contributed by atoms with Crippen molar-refractivity contribution in [1.29, 1.82) is 0 Å². The van der Waals surface area contributed by atoms with E-state index in [0.717, 1.165) is 37.9 Å². The highest BCUT2D eigenvalue weighted by Gasteiger charge is 2.46. The molecule has 0 radical (unpaired) electrons. The minimum atomic E-state index is -0.767. The number of ether oxygens (including phenoxy) is 1. The standard InChI is InChI=1S/C14H27NO3S/c1-3-18-13(17)14(15)8-4-5-12(14)7-10-19-11(2)6-9-16/h11-12,16H,3-10,15H2,1-2H3. The van der Waals surface area contributed by atoms with E-state index in [4.69, 9.17) is 15.6 Å². The molecule has 1 aliphatic carbocycles. The molecule has 0 aliphatic heterocycles. The van der Waals surface area contributed by atoms with Crippen LogP contribution >= 0.6 is 11.8 Å². The number of thioether (sulfide) groups is 1. The Hall–Kier alpha value is -0.260. The van der Waals surface area contributed by atoms with Crippen molar-refractivity contribution >= 4 is 17.7 Å². The molecule has 1 rings (SSSR count). The molecular weight excluding hydrogens is 262 g/mol. The maximum atomic E-state index is 12.0. The van der Waals surface area contributed by atoms with Crippen molar-refractivity contribution in [3.05, 3.63) is 0 Å². The number of nitrogens with two attached hydrogens (primary N) is 1. The molecule has 0 bridgehead atoms. The third kappa shape index (κ3) is 4.65. The van der Waals surface area contributed by atoms with E-state index in [0.29, 0.717) is 11.9 Å². The van der Waals surface area contributed by atoms with Crippen LogP contribution in [0.5, 0.6) is 0 Å². The van der Waals surface area contributed by atoms with E-state index in [-0.39, 0.29) is 18.5 Å². The van der Waals surface area contributed by atoms with Crippen LogP contribution in [0.2, 0.25) is 0 Å². The molecule has 0 heterocycles. The molecule has 0 saturated heterocycles. The van der Waals surface area contributed by atoms with Gasteiger partial charge in [-0.25, -0.2) is 0 Å². The lowest BCUT2D eigenvalue weighted by Gasteiger charge is -2.29. The first-order valence-electron chi connectivity index (χ1n) is 7.23. The van der Waals surface area contributed by atoms with Gasteiger partial charge in [0.05, 0.1) is 6.61 Å². The van der Waals surface area contributed by atoms with E-state index in [2.05, 4.69) is 6.92 Å². The molecule has 3 N–H and O–H groups in total. The number of carbonyl (C=O) groups excluding carboxylic acids is 1. The summed E-state index contributed by atoms with van der Waals surface area (Å²) in [5.74, 6) is 0.996. The summed E-state index contributed by atoms with van der Waals surface area (Å²) in [6.45, 7) is 4.57. The second kappa shape index (κ2) is 8.12. The third-order valence-electron chi connectivity index (χ3n) is 3.93. The zero-order chi connectivity index (χ0) is 14.3. The second-order valence-electron chi connectivity index (χ2n) is 5.33. The molecule has 0 spiro atoms. The fourth-order valence-electron chi connectivity index (χ4n) is 2.72. The molecule has 1 saturated carbocycles. The zero-order valence-electron chi connectivity index (χ0n) is 12.1. The molecule has 5 heteroatoms. The van der Waals surface area contributed by atoms with Crippen molar-refractivity contribution < 1.29 is 14.6 Å². The van der Waals surface area contributed by atoms with E-state index in [9.17, 15) is 4.79 Å². The van der Waals surface area contributed by atoms with Gasteiger partial charge >= 0.3 is 5.97 Å². The van der Waals surface area contributed by atoms with Crippen LogP contribution < -0.4 is 5.73 Å². The van der Waals surface area contributed by atoms with Gasteiger partial charge in [-0.2, -0.15) is 11.8 Å². The quantitative estimate of drug-likeness (QED) is 0.668. The van der Waals surface area contributed by atoms with Crippen molar-refractivity contribution in [3.63, 3.8) is 0 Å². The number of hydrogen-bond donors (Lipinski definition) is 2. The van der Waals surface area contributed by atoms with Crippen molar-refractivity contribution in [2.24, 2.45) is 11.7 Å². The van der Waals surface area contributed by atoms with Crippen LogP contribution in [0.3, 0.4) is 0 Å². The van der Waals surface area contributed by atoms with Gasteiger partial charge in [0.25, 0.3) is 0 Å². The van der Waals surface area contributed by atoms with Crippen LogP contribution in [-0.2, 0) is 9.53 Å². The number of carbonyl (C=O) groups is 1. The van der Waals surface area contributed by atoms with Gasteiger partial charge < -0.3 is 15.6 Å².